The third kappa shape index (κ3) is 1.96. The fourth-order valence-electron chi connectivity index (χ4n) is 1.46. The van der Waals surface area contributed by atoms with E-state index in [2.05, 4.69) is 4.74 Å². The van der Waals surface area contributed by atoms with E-state index in [1.165, 1.54) is 0 Å². The fourth-order valence-corrected chi connectivity index (χ4v) is 1.46. The maximum atomic E-state index is 12.3. The van der Waals surface area contributed by atoms with Crippen LogP contribution >= 0.6 is 0 Å². The number of allylic oxidation sites excluding steroid dienone is 2. The molecule has 1 rings (SSSR count). The summed E-state index contributed by atoms with van der Waals surface area (Å²) in [6.45, 7) is 0. The molecule has 15 heavy (non-hydrogen) atoms. The number of nitriles is 1. The number of halogens is 3. The maximum Gasteiger partial charge on any atom is 0.412 e. The highest BCUT2D eigenvalue weighted by atomic mass is 19.4. The van der Waals surface area contributed by atoms with Crippen LogP contribution in [0.1, 0.15) is 12.8 Å². The van der Waals surface area contributed by atoms with Gasteiger partial charge in [0, 0.05) is 12.0 Å². The quantitative estimate of drug-likeness (QED) is 0.500. The molecule has 0 N–H and O–H groups in total. The van der Waals surface area contributed by atoms with Gasteiger partial charge < -0.3 is 4.74 Å². The molecule has 0 saturated carbocycles. The second-order valence-corrected chi connectivity index (χ2v) is 3.29. The number of alkyl halides is 3. The van der Waals surface area contributed by atoms with Gasteiger partial charge in [-0.3, -0.25) is 4.79 Å². The summed E-state index contributed by atoms with van der Waals surface area (Å²) in [4.78, 5) is 11.2. The number of rotatable bonds is 1. The number of carbonyl (C=O) groups is 1. The number of methoxy groups -OCH3 is 1. The Balaban J connectivity index is 2.90. The predicted octanol–water partition coefficient (Wildman–Crippen LogP) is 1.95. The van der Waals surface area contributed by atoms with Crippen molar-refractivity contribution in [2.75, 3.05) is 7.11 Å². The van der Waals surface area contributed by atoms with Crippen molar-refractivity contribution < 1.29 is 22.7 Å². The number of hydrogen-bond acceptors (Lipinski definition) is 3. The van der Waals surface area contributed by atoms with E-state index >= 15 is 0 Å². The summed E-state index contributed by atoms with van der Waals surface area (Å²) < 4.78 is 41.2. The Bertz CT molecular complexity index is 353. The SMILES string of the molecule is COC(=O)C1(C#N)CC=C(C(F)(F)F)C1. The van der Waals surface area contributed by atoms with E-state index in [0.29, 0.717) is 0 Å². The Hall–Kier alpha value is -1.51. The smallest absolute Gasteiger partial charge is 0.412 e. The van der Waals surface area contributed by atoms with Crippen LogP contribution in [0.3, 0.4) is 0 Å². The lowest BCUT2D eigenvalue weighted by Gasteiger charge is -2.18. The molecule has 6 heteroatoms. The minimum absolute atomic E-state index is 0.245. The van der Waals surface area contributed by atoms with Crippen LogP contribution in [0.5, 0.6) is 0 Å². The topological polar surface area (TPSA) is 50.1 Å². The monoisotopic (exact) mass is 219 g/mol. The lowest BCUT2D eigenvalue weighted by Crippen LogP contribution is -2.29. The first-order chi connectivity index (χ1) is 6.85. The van der Waals surface area contributed by atoms with Gasteiger partial charge in [-0.15, -0.1) is 0 Å². The van der Waals surface area contributed by atoms with Crippen LogP contribution in [0.4, 0.5) is 13.2 Å². The molecule has 0 radical (unpaired) electrons. The molecule has 0 saturated heterocycles. The minimum atomic E-state index is -4.48. The van der Waals surface area contributed by atoms with Gasteiger partial charge in [0.1, 0.15) is 0 Å². The van der Waals surface area contributed by atoms with Gasteiger partial charge in [-0.05, 0) is 6.42 Å². The summed E-state index contributed by atoms with van der Waals surface area (Å²) in [5.74, 6) is -0.916. The fraction of sp³-hybridized carbons (Fsp3) is 0.556. The van der Waals surface area contributed by atoms with E-state index < -0.39 is 29.6 Å². The molecule has 1 aliphatic carbocycles. The molecule has 1 aliphatic rings. The first-order valence-electron chi connectivity index (χ1n) is 4.11. The maximum absolute atomic E-state index is 12.3. The third-order valence-electron chi connectivity index (χ3n) is 2.34. The van der Waals surface area contributed by atoms with Crippen molar-refractivity contribution in [2.45, 2.75) is 19.0 Å². The molecular weight excluding hydrogens is 211 g/mol. The van der Waals surface area contributed by atoms with E-state index in [0.717, 1.165) is 13.2 Å². The summed E-state index contributed by atoms with van der Waals surface area (Å²) >= 11 is 0. The van der Waals surface area contributed by atoms with E-state index in [-0.39, 0.29) is 6.42 Å². The van der Waals surface area contributed by atoms with Crippen LogP contribution in [-0.4, -0.2) is 19.3 Å². The highest BCUT2D eigenvalue weighted by Gasteiger charge is 2.49. The van der Waals surface area contributed by atoms with Gasteiger partial charge in [0.15, 0.2) is 5.41 Å². The molecule has 0 aromatic rings. The molecule has 0 aromatic heterocycles. The van der Waals surface area contributed by atoms with Crippen molar-refractivity contribution in [2.24, 2.45) is 5.41 Å². The number of carbonyl (C=O) groups excluding carboxylic acids is 1. The van der Waals surface area contributed by atoms with Crippen molar-refractivity contribution in [1.82, 2.24) is 0 Å². The third-order valence-corrected chi connectivity index (χ3v) is 2.34. The van der Waals surface area contributed by atoms with Crippen LogP contribution in [0.2, 0.25) is 0 Å². The summed E-state index contributed by atoms with van der Waals surface area (Å²) in [6.07, 6.45) is -4.47. The standard InChI is InChI=1S/C9H8F3NO2/c1-15-7(14)8(5-13)3-2-6(4-8)9(10,11)12/h2H,3-4H2,1H3. The molecule has 0 fully saturated rings. The van der Waals surface area contributed by atoms with E-state index in [1.807, 2.05) is 0 Å². The van der Waals surface area contributed by atoms with Gasteiger partial charge in [0.2, 0.25) is 0 Å². The van der Waals surface area contributed by atoms with Gasteiger partial charge in [0.25, 0.3) is 0 Å². The molecule has 0 heterocycles. The van der Waals surface area contributed by atoms with Crippen LogP contribution in [-0.2, 0) is 9.53 Å². The Kier molecular flexibility index (Phi) is 2.75. The molecule has 0 aromatic carbocycles. The van der Waals surface area contributed by atoms with Crippen molar-refractivity contribution in [3.05, 3.63) is 11.6 Å². The Morgan fingerprint density at radius 3 is 2.60 bits per heavy atom. The van der Waals surface area contributed by atoms with E-state index in [9.17, 15) is 18.0 Å². The van der Waals surface area contributed by atoms with Gasteiger partial charge >= 0.3 is 12.1 Å². The van der Waals surface area contributed by atoms with Crippen molar-refractivity contribution in [1.29, 1.82) is 5.26 Å². The Morgan fingerprint density at radius 1 is 1.67 bits per heavy atom. The first kappa shape index (κ1) is 11.6. The molecule has 1 atom stereocenters. The molecule has 0 aliphatic heterocycles. The van der Waals surface area contributed by atoms with Gasteiger partial charge in [0.05, 0.1) is 13.2 Å². The lowest BCUT2D eigenvalue weighted by atomic mass is 9.86. The summed E-state index contributed by atoms with van der Waals surface area (Å²) in [5, 5.41) is 8.75. The zero-order valence-corrected chi connectivity index (χ0v) is 7.89. The molecule has 0 amide bonds. The number of esters is 1. The van der Waals surface area contributed by atoms with Crippen LogP contribution in [0.15, 0.2) is 11.6 Å². The lowest BCUT2D eigenvalue weighted by molar-refractivity contribution is -0.149. The molecule has 0 spiro atoms. The first-order valence-corrected chi connectivity index (χ1v) is 4.11. The average Bonchev–Trinajstić information content (AvgIpc) is 2.61. The van der Waals surface area contributed by atoms with Gasteiger partial charge in [-0.25, -0.2) is 0 Å². The van der Waals surface area contributed by atoms with Crippen LogP contribution in [0.25, 0.3) is 0 Å². The minimum Gasteiger partial charge on any atom is -0.468 e. The number of ether oxygens (including phenoxy) is 1. The summed E-state index contributed by atoms with van der Waals surface area (Å²) in [6, 6.07) is 1.60. The van der Waals surface area contributed by atoms with E-state index in [1.54, 1.807) is 6.07 Å². The van der Waals surface area contributed by atoms with Gasteiger partial charge in [-0.2, -0.15) is 18.4 Å². The second-order valence-electron chi connectivity index (χ2n) is 3.29. The van der Waals surface area contributed by atoms with Crippen molar-refractivity contribution in [3.8, 4) is 6.07 Å². The molecule has 0 bridgehead atoms. The van der Waals surface area contributed by atoms with Crippen molar-refractivity contribution >= 4 is 5.97 Å². The predicted molar refractivity (Wildman–Crippen MR) is 43.4 cm³/mol. The highest BCUT2D eigenvalue weighted by Crippen LogP contribution is 2.44. The zero-order chi connectivity index (χ0) is 11.7. The molecule has 3 nitrogen and oxygen atoms in total. The average molecular weight is 219 g/mol. The van der Waals surface area contributed by atoms with E-state index in [4.69, 9.17) is 5.26 Å². The summed E-state index contributed by atoms with van der Waals surface area (Å²) in [5.41, 5.74) is -2.53. The van der Waals surface area contributed by atoms with Crippen LogP contribution in [0, 0.1) is 16.7 Å². The normalized spacial score (nSPS) is 25.7. The zero-order valence-electron chi connectivity index (χ0n) is 7.89. The van der Waals surface area contributed by atoms with Gasteiger partial charge in [-0.1, -0.05) is 6.08 Å². The van der Waals surface area contributed by atoms with Crippen LogP contribution < -0.4 is 0 Å². The Morgan fingerprint density at radius 2 is 2.27 bits per heavy atom. The Labute approximate surface area is 84.1 Å². The molecular formula is C9H8F3NO2. The molecule has 1 unspecified atom stereocenters. The highest BCUT2D eigenvalue weighted by molar-refractivity contribution is 5.81. The second kappa shape index (κ2) is 3.57. The number of nitrogens with zero attached hydrogens (tertiary/aromatic N) is 1. The summed E-state index contributed by atoms with van der Waals surface area (Å²) in [7, 11) is 1.05. The van der Waals surface area contributed by atoms with Crippen molar-refractivity contribution in [3.63, 3.8) is 0 Å². The largest absolute Gasteiger partial charge is 0.468 e. The molecule has 82 valence electrons. The number of hydrogen-bond donors (Lipinski definition) is 0.